The first-order valence-electron chi connectivity index (χ1n) is 5.94. The molecule has 16 heavy (non-hydrogen) atoms. The predicted molar refractivity (Wildman–Crippen MR) is 70.4 cm³/mol. The number of rotatable bonds is 6. The molecule has 0 amide bonds. The highest BCUT2D eigenvalue weighted by Gasteiger charge is 2.13. The van der Waals surface area contributed by atoms with Crippen LogP contribution in [0.3, 0.4) is 0 Å². The molecule has 0 N–H and O–H groups in total. The quantitative estimate of drug-likeness (QED) is 0.675. The van der Waals surface area contributed by atoms with E-state index in [-0.39, 0.29) is 5.38 Å². The summed E-state index contributed by atoms with van der Waals surface area (Å²) in [6.45, 7) is 4.40. The Bertz CT molecular complexity index is 294. The van der Waals surface area contributed by atoms with Gasteiger partial charge in [0.05, 0.1) is 7.11 Å². The molecule has 1 aromatic rings. The van der Waals surface area contributed by atoms with Crippen molar-refractivity contribution >= 4 is 11.6 Å². The molecule has 0 radical (unpaired) electrons. The van der Waals surface area contributed by atoms with Crippen LogP contribution in [0.1, 0.15) is 32.3 Å². The fourth-order valence-corrected chi connectivity index (χ4v) is 2.13. The van der Waals surface area contributed by atoms with Crippen molar-refractivity contribution in [3.63, 3.8) is 0 Å². The Morgan fingerprint density at radius 3 is 2.38 bits per heavy atom. The van der Waals surface area contributed by atoms with E-state index in [1.165, 1.54) is 5.56 Å². The topological polar surface area (TPSA) is 9.23 Å². The molecule has 2 atom stereocenters. The van der Waals surface area contributed by atoms with Gasteiger partial charge in [-0.05, 0) is 36.5 Å². The number of alkyl halides is 1. The van der Waals surface area contributed by atoms with Crippen LogP contribution in [0.25, 0.3) is 0 Å². The van der Waals surface area contributed by atoms with Gasteiger partial charge >= 0.3 is 0 Å². The first-order chi connectivity index (χ1) is 7.67. The van der Waals surface area contributed by atoms with Gasteiger partial charge in [-0.25, -0.2) is 0 Å². The lowest BCUT2D eigenvalue weighted by molar-refractivity contribution is 0.414. The maximum absolute atomic E-state index is 6.32. The Kier molecular flexibility index (Phi) is 5.68. The van der Waals surface area contributed by atoms with E-state index in [1.807, 2.05) is 12.1 Å². The Balaban J connectivity index is 2.52. The molecule has 0 saturated heterocycles. The second-order valence-corrected chi connectivity index (χ2v) is 4.89. The summed E-state index contributed by atoms with van der Waals surface area (Å²) < 4.78 is 5.13. The zero-order valence-electron chi connectivity index (χ0n) is 10.4. The number of hydrogen-bond acceptors (Lipinski definition) is 1. The van der Waals surface area contributed by atoms with E-state index in [9.17, 15) is 0 Å². The molecular weight excluding hydrogens is 220 g/mol. The van der Waals surface area contributed by atoms with Crippen molar-refractivity contribution in [3.8, 4) is 5.75 Å². The molecule has 1 aromatic carbocycles. The molecule has 2 heteroatoms. The van der Waals surface area contributed by atoms with Gasteiger partial charge in [0.1, 0.15) is 5.75 Å². The van der Waals surface area contributed by atoms with Crippen LogP contribution in [0, 0.1) is 5.92 Å². The minimum atomic E-state index is 0.284. The molecule has 0 fully saturated rings. The van der Waals surface area contributed by atoms with Crippen LogP contribution < -0.4 is 4.74 Å². The van der Waals surface area contributed by atoms with Gasteiger partial charge in [0, 0.05) is 5.38 Å². The summed E-state index contributed by atoms with van der Waals surface area (Å²) >= 11 is 6.32. The Morgan fingerprint density at radius 2 is 1.88 bits per heavy atom. The van der Waals surface area contributed by atoms with Gasteiger partial charge in [0.2, 0.25) is 0 Å². The normalized spacial score (nSPS) is 14.5. The van der Waals surface area contributed by atoms with Crippen molar-refractivity contribution < 1.29 is 4.74 Å². The summed E-state index contributed by atoms with van der Waals surface area (Å²) in [6, 6.07) is 8.24. The average Bonchev–Trinajstić information content (AvgIpc) is 2.30. The third kappa shape index (κ3) is 4.05. The summed E-state index contributed by atoms with van der Waals surface area (Å²) in [7, 11) is 1.69. The van der Waals surface area contributed by atoms with Gasteiger partial charge < -0.3 is 4.74 Å². The smallest absolute Gasteiger partial charge is 0.118 e. The Labute approximate surface area is 104 Å². The third-order valence-corrected chi connectivity index (χ3v) is 3.55. The molecule has 1 rings (SSSR count). The van der Waals surface area contributed by atoms with Crippen LogP contribution in [-0.4, -0.2) is 12.5 Å². The van der Waals surface area contributed by atoms with E-state index < -0.39 is 0 Å². The van der Waals surface area contributed by atoms with Gasteiger partial charge in [0.15, 0.2) is 0 Å². The van der Waals surface area contributed by atoms with E-state index in [2.05, 4.69) is 26.0 Å². The monoisotopic (exact) mass is 240 g/mol. The highest BCUT2D eigenvalue weighted by Crippen LogP contribution is 2.21. The minimum Gasteiger partial charge on any atom is -0.497 e. The van der Waals surface area contributed by atoms with Crippen LogP contribution >= 0.6 is 11.6 Å². The highest BCUT2D eigenvalue weighted by atomic mass is 35.5. The summed E-state index contributed by atoms with van der Waals surface area (Å²) in [4.78, 5) is 0. The lowest BCUT2D eigenvalue weighted by Gasteiger charge is -2.17. The number of benzene rings is 1. The molecule has 90 valence electrons. The molecule has 0 aliphatic carbocycles. The Hall–Kier alpha value is -0.690. The maximum Gasteiger partial charge on any atom is 0.118 e. The summed E-state index contributed by atoms with van der Waals surface area (Å²) in [5.74, 6) is 1.43. The molecule has 0 aliphatic rings. The number of hydrogen-bond donors (Lipinski definition) is 0. The average molecular weight is 241 g/mol. The lowest BCUT2D eigenvalue weighted by Crippen LogP contribution is -2.13. The van der Waals surface area contributed by atoms with Crippen LogP contribution in [0.5, 0.6) is 5.75 Å². The first-order valence-corrected chi connectivity index (χ1v) is 6.38. The first kappa shape index (κ1) is 13.4. The SMILES string of the molecule is CCCC(Cl)C(C)Cc1ccc(OC)cc1. The third-order valence-electron chi connectivity index (χ3n) is 2.90. The van der Waals surface area contributed by atoms with Gasteiger partial charge in [-0.3, -0.25) is 0 Å². The molecule has 0 bridgehead atoms. The maximum atomic E-state index is 6.32. The van der Waals surface area contributed by atoms with Crippen LogP contribution in [0.15, 0.2) is 24.3 Å². The standard InChI is InChI=1S/C14H21ClO/c1-4-5-14(15)11(2)10-12-6-8-13(16-3)9-7-12/h6-9,11,14H,4-5,10H2,1-3H3. The number of halogens is 1. The summed E-state index contributed by atoms with van der Waals surface area (Å²) in [6.07, 6.45) is 3.29. The van der Waals surface area contributed by atoms with Crippen LogP contribution in [-0.2, 0) is 6.42 Å². The molecule has 1 nitrogen and oxygen atoms in total. The van der Waals surface area contributed by atoms with Crippen molar-refractivity contribution in [3.05, 3.63) is 29.8 Å². The fraction of sp³-hybridized carbons (Fsp3) is 0.571. The van der Waals surface area contributed by atoms with Gasteiger partial charge in [-0.15, -0.1) is 11.6 Å². The van der Waals surface area contributed by atoms with Gasteiger partial charge in [0.25, 0.3) is 0 Å². The minimum absolute atomic E-state index is 0.284. The zero-order chi connectivity index (χ0) is 12.0. The molecule has 0 aliphatic heterocycles. The fourth-order valence-electron chi connectivity index (χ4n) is 1.82. The molecular formula is C14H21ClO. The molecule has 0 aromatic heterocycles. The Morgan fingerprint density at radius 1 is 1.25 bits per heavy atom. The second kappa shape index (κ2) is 6.80. The highest BCUT2D eigenvalue weighted by molar-refractivity contribution is 6.20. The van der Waals surface area contributed by atoms with Gasteiger partial charge in [-0.1, -0.05) is 32.4 Å². The van der Waals surface area contributed by atoms with E-state index >= 15 is 0 Å². The summed E-state index contributed by atoms with van der Waals surface area (Å²) in [5, 5.41) is 0.284. The molecule has 0 saturated carbocycles. The van der Waals surface area contributed by atoms with E-state index in [0.29, 0.717) is 5.92 Å². The van der Waals surface area contributed by atoms with E-state index in [4.69, 9.17) is 16.3 Å². The molecule has 0 heterocycles. The van der Waals surface area contributed by atoms with Crippen LogP contribution in [0.4, 0.5) is 0 Å². The molecule has 2 unspecified atom stereocenters. The predicted octanol–water partition coefficient (Wildman–Crippen LogP) is 4.28. The van der Waals surface area contributed by atoms with Crippen molar-refractivity contribution in [2.45, 2.75) is 38.5 Å². The van der Waals surface area contributed by atoms with Crippen LogP contribution in [0.2, 0.25) is 0 Å². The van der Waals surface area contributed by atoms with Crippen molar-refractivity contribution in [1.82, 2.24) is 0 Å². The van der Waals surface area contributed by atoms with E-state index in [0.717, 1.165) is 25.0 Å². The largest absolute Gasteiger partial charge is 0.497 e. The van der Waals surface area contributed by atoms with Crippen molar-refractivity contribution in [2.75, 3.05) is 7.11 Å². The van der Waals surface area contributed by atoms with Gasteiger partial charge in [-0.2, -0.15) is 0 Å². The lowest BCUT2D eigenvalue weighted by atomic mass is 9.95. The molecule has 0 spiro atoms. The van der Waals surface area contributed by atoms with Crippen molar-refractivity contribution in [1.29, 1.82) is 0 Å². The zero-order valence-corrected chi connectivity index (χ0v) is 11.1. The second-order valence-electron chi connectivity index (χ2n) is 4.33. The number of methoxy groups -OCH3 is 1. The summed E-state index contributed by atoms with van der Waals surface area (Å²) in [5.41, 5.74) is 1.33. The van der Waals surface area contributed by atoms with E-state index in [1.54, 1.807) is 7.11 Å². The number of ether oxygens (including phenoxy) is 1. The van der Waals surface area contributed by atoms with Crippen molar-refractivity contribution in [2.24, 2.45) is 5.92 Å².